The minimum Gasteiger partial charge on any atom is -0.466 e. The van der Waals surface area contributed by atoms with Crippen molar-refractivity contribution in [3.05, 3.63) is 64.7 Å². The first-order valence-corrected chi connectivity index (χ1v) is 30.5. The summed E-state index contributed by atoms with van der Waals surface area (Å²) < 4.78 is 76.6. The number of carbonyl (C=O) groups is 3. The number of ether oxygens (including phenoxy) is 4. The van der Waals surface area contributed by atoms with Crippen LogP contribution in [-0.4, -0.2) is 90.4 Å². The van der Waals surface area contributed by atoms with Crippen molar-refractivity contribution in [3.8, 4) is 0 Å². The van der Waals surface area contributed by atoms with Crippen molar-refractivity contribution in [2.45, 2.75) is 173 Å². The van der Waals surface area contributed by atoms with E-state index in [1.807, 2.05) is 74.5 Å². The van der Waals surface area contributed by atoms with Gasteiger partial charge in [-0.1, -0.05) is 93.2 Å². The molecule has 20 heteroatoms. The van der Waals surface area contributed by atoms with Crippen LogP contribution in [0.15, 0.2) is 53.5 Å². The fourth-order valence-corrected chi connectivity index (χ4v) is 20.5. The number of hydrogen-bond donors (Lipinski definition) is 2. The molecule has 65 heavy (non-hydrogen) atoms. The molecule has 3 heterocycles. The fraction of sp³-hybridized carbons (Fsp3) is 0.667. The second kappa shape index (κ2) is 21.0. The van der Waals surface area contributed by atoms with Crippen LogP contribution >= 0.6 is 0 Å². The molecule has 5 atom stereocenters. The molecule has 1 aromatic carbocycles. The van der Waals surface area contributed by atoms with Gasteiger partial charge in [-0.3, -0.25) is 20.0 Å². The summed E-state index contributed by atoms with van der Waals surface area (Å²) in [5.41, 5.74) is -1.15. The summed E-state index contributed by atoms with van der Waals surface area (Å²) in [6, 6.07) is 8.62. The maximum Gasteiger partial charge on any atom is 0.413 e. The van der Waals surface area contributed by atoms with E-state index in [0.717, 1.165) is 12.2 Å². The third-order valence-electron chi connectivity index (χ3n) is 12.6. The zero-order chi connectivity index (χ0) is 48.1. The molecule has 0 radical (unpaired) electrons. The highest BCUT2D eigenvalue weighted by atomic mass is 28.5. The Hall–Kier alpha value is -3.80. The number of benzene rings is 1. The lowest BCUT2D eigenvalue weighted by molar-refractivity contribution is -0.155. The van der Waals surface area contributed by atoms with E-state index < -0.39 is 78.9 Å². The maximum absolute atomic E-state index is 16.5. The minimum absolute atomic E-state index is 0.00641. The van der Waals surface area contributed by atoms with Crippen molar-refractivity contribution >= 4 is 54.9 Å². The summed E-state index contributed by atoms with van der Waals surface area (Å²) in [6.45, 7) is 24.5. The quantitative estimate of drug-likeness (QED) is 0.0795. The number of halogens is 2. The van der Waals surface area contributed by atoms with Gasteiger partial charge >= 0.3 is 46.9 Å². The molecule has 2 amide bonds. The molecule has 0 bridgehead atoms. The van der Waals surface area contributed by atoms with Crippen molar-refractivity contribution in [1.29, 1.82) is 0 Å². The monoisotopic (exact) mass is 964 g/mol. The van der Waals surface area contributed by atoms with E-state index in [2.05, 4.69) is 35.3 Å². The van der Waals surface area contributed by atoms with Crippen molar-refractivity contribution in [3.63, 3.8) is 0 Å². The highest BCUT2D eigenvalue weighted by Gasteiger charge is 2.67. The Morgan fingerprint density at radius 1 is 0.908 bits per heavy atom. The van der Waals surface area contributed by atoms with Gasteiger partial charge in [-0.25, -0.2) is 14.4 Å². The molecule has 2 N–H and O–H groups in total. The molecule has 0 spiro atoms. The molecule has 2 aliphatic heterocycles. The standard InChI is InChI=1S/C45H70F2N4O11Si3/c1-29(2)64(30(3)4)58-28-36-38(61-65(62-64,31(5)6)32(7)8)45(46,47)39(60-36)51-24-21-37(49-41(51)53)50-42(54)57-27-33-16-18-34(19-17-33)48-43(55)59-35-15-13-14-22-44(9,23-20-35)40(52)56-25-26-63(10,11)12/h13,15-19,21,24,29-32,35-36,38-39H,14,20,22-23,25-28H2,1-12H3,(H,48,55)(H,49,50,53,54)/b15-13+/t35-,36+,38+,39+,44+/m0/s1. The summed E-state index contributed by atoms with van der Waals surface area (Å²) in [6.07, 6.45) is 0.000436. The van der Waals surface area contributed by atoms with Crippen molar-refractivity contribution in [2.75, 3.05) is 23.8 Å². The average molecular weight is 965 g/mol. The van der Waals surface area contributed by atoms with Crippen LogP contribution in [0.25, 0.3) is 0 Å². The lowest BCUT2D eigenvalue weighted by atomic mass is 9.79. The molecule has 1 aromatic heterocycles. The van der Waals surface area contributed by atoms with Crippen LogP contribution < -0.4 is 16.3 Å². The zero-order valence-corrected chi connectivity index (χ0v) is 43.0. The van der Waals surface area contributed by atoms with Crippen LogP contribution in [0.4, 0.5) is 29.9 Å². The summed E-state index contributed by atoms with van der Waals surface area (Å²) >= 11 is 0. The van der Waals surface area contributed by atoms with Crippen molar-refractivity contribution < 1.29 is 55.1 Å². The van der Waals surface area contributed by atoms with E-state index in [9.17, 15) is 19.2 Å². The second-order valence-electron chi connectivity index (χ2n) is 20.2. The summed E-state index contributed by atoms with van der Waals surface area (Å²) in [5.74, 6) is -4.11. The summed E-state index contributed by atoms with van der Waals surface area (Å²) in [5, 5.41) is 5.07. The van der Waals surface area contributed by atoms with E-state index in [4.69, 9.17) is 31.9 Å². The van der Waals surface area contributed by atoms with Gasteiger partial charge < -0.3 is 31.9 Å². The Bertz CT molecular complexity index is 2050. The number of nitrogens with zero attached hydrogens (tertiary/aromatic N) is 2. The summed E-state index contributed by atoms with van der Waals surface area (Å²) in [7, 11) is -7.79. The number of rotatable bonds is 14. The van der Waals surface area contributed by atoms with Gasteiger partial charge in [-0.05, 0) is 90.7 Å². The average Bonchev–Trinajstić information content (AvgIpc) is 3.43. The van der Waals surface area contributed by atoms with Crippen LogP contribution in [0.2, 0.25) is 47.8 Å². The lowest BCUT2D eigenvalue weighted by Crippen LogP contribution is -2.66. The second-order valence-corrected chi connectivity index (χ2v) is 34.7. The highest BCUT2D eigenvalue weighted by Crippen LogP contribution is 2.52. The molecule has 2 aromatic rings. The molecule has 3 aliphatic rings. The third kappa shape index (κ3) is 12.4. The van der Waals surface area contributed by atoms with Crippen LogP contribution in [0.3, 0.4) is 0 Å². The predicted molar refractivity (Wildman–Crippen MR) is 250 cm³/mol. The number of nitrogens with one attached hydrogen (secondary N) is 2. The maximum atomic E-state index is 16.5. The Balaban J connectivity index is 1.15. The SMILES string of the molecule is CC(C)[Si]1(C(C)C)OC[C@H]2O[C@@H](n3ccc(NC(=O)OCc4ccc(NC(=O)O[C@H]5/C=C/CC[C@@](C)(C(=O)OCC[Si](C)(C)C)CC5)cc4)nc3=O)C(F)(F)[C@@H]2O[Si](C(C)C)(C(C)C)O1. The first-order chi connectivity index (χ1) is 30.3. The predicted octanol–water partition coefficient (Wildman–Crippen LogP) is 10.4. The van der Waals surface area contributed by atoms with E-state index in [-0.39, 0.29) is 47.2 Å². The smallest absolute Gasteiger partial charge is 0.413 e. The van der Waals surface area contributed by atoms with E-state index in [1.165, 1.54) is 6.07 Å². The fourth-order valence-electron chi connectivity index (χ4n) is 8.55. The van der Waals surface area contributed by atoms with Gasteiger partial charge in [0.25, 0.3) is 0 Å². The van der Waals surface area contributed by atoms with Gasteiger partial charge in [-0.15, -0.1) is 0 Å². The first-order valence-electron chi connectivity index (χ1n) is 22.8. The molecule has 5 rings (SSSR count). The largest absolute Gasteiger partial charge is 0.466 e. The Morgan fingerprint density at radius 3 is 2.15 bits per heavy atom. The Morgan fingerprint density at radius 2 is 1.55 bits per heavy atom. The molecule has 362 valence electrons. The van der Waals surface area contributed by atoms with E-state index in [1.54, 1.807) is 24.3 Å². The van der Waals surface area contributed by atoms with Crippen molar-refractivity contribution in [1.82, 2.24) is 9.55 Å². The molecule has 2 fully saturated rings. The van der Waals surface area contributed by atoms with Crippen LogP contribution in [0.1, 0.15) is 99.8 Å². The highest BCUT2D eigenvalue weighted by molar-refractivity contribution is 6.84. The number of allylic oxidation sites excluding steroid dienone is 1. The number of carbonyl (C=O) groups excluding carboxylic acids is 3. The zero-order valence-electron chi connectivity index (χ0n) is 40.0. The molecule has 1 aliphatic carbocycles. The third-order valence-corrected chi connectivity index (χ3v) is 24.5. The number of esters is 1. The van der Waals surface area contributed by atoms with Gasteiger partial charge in [0.15, 0.2) is 0 Å². The van der Waals surface area contributed by atoms with Gasteiger partial charge in [0.05, 0.1) is 18.6 Å². The van der Waals surface area contributed by atoms with E-state index >= 15 is 8.78 Å². The molecule has 0 unspecified atom stereocenters. The molecule has 0 saturated carbocycles. The number of alkyl halides is 2. The number of aromatic nitrogens is 2. The number of hydrogen-bond acceptors (Lipinski definition) is 12. The number of fused-ring (bicyclic) bond motifs is 1. The molecular formula is C45H70F2N4O11Si3. The van der Waals surface area contributed by atoms with Crippen molar-refractivity contribution in [2.24, 2.45) is 5.41 Å². The number of anilines is 2. The van der Waals surface area contributed by atoms with Gasteiger partial charge in [0.2, 0.25) is 6.23 Å². The first kappa shape index (κ1) is 52.2. The molecular weight excluding hydrogens is 895 g/mol. The summed E-state index contributed by atoms with van der Waals surface area (Å²) in [4.78, 5) is 55.7. The Labute approximate surface area is 385 Å². The number of amides is 2. The van der Waals surface area contributed by atoms with Crippen LogP contribution in [-0.2, 0) is 43.3 Å². The molecule has 2 saturated heterocycles. The van der Waals surface area contributed by atoms with Gasteiger partial charge in [0, 0.05) is 20.0 Å². The lowest BCUT2D eigenvalue weighted by Gasteiger charge is -2.51. The normalized spacial score (nSPS) is 25.8. The minimum atomic E-state index is -3.68. The van der Waals surface area contributed by atoms with Gasteiger partial charge in [0.1, 0.15) is 30.7 Å². The van der Waals surface area contributed by atoms with Crippen LogP contribution in [0.5, 0.6) is 0 Å². The van der Waals surface area contributed by atoms with Gasteiger partial charge in [-0.2, -0.15) is 13.8 Å². The van der Waals surface area contributed by atoms with E-state index in [0.29, 0.717) is 48.1 Å². The van der Waals surface area contributed by atoms with Crippen LogP contribution in [0, 0.1) is 5.41 Å². The topological polar surface area (TPSA) is 175 Å². The Kier molecular flexibility index (Phi) is 16.9. The molecule has 15 nitrogen and oxygen atoms in total.